The first kappa shape index (κ1) is 32.7. The molecule has 250 valence electrons. The number of carbonyl (C=O) groups excluding carboxylic acids is 3. The number of nitrogens with one attached hydrogen (secondary N) is 3. The molecule has 6 rings (SSSR count). The maximum Gasteiger partial charge on any atom is 0.272 e. The Labute approximate surface area is 280 Å². The SMILES string of the molecule is Cc1nc2n(n1)CCN(C(=O)c1cnc(-c3ccccc3)n1C)CCCC(=O)N[C@H](Cc1c[nH]c3ccccc13)C(=O)N[C@H]2CC(C)C. The molecule has 0 fully saturated rings. The van der Waals surface area contributed by atoms with E-state index in [1.54, 1.807) is 15.8 Å². The van der Waals surface area contributed by atoms with Gasteiger partial charge in [-0.3, -0.25) is 14.4 Å². The largest absolute Gasteiger partial charge is 0.361 e. The van der Waals surface area contributed by atoms with E-state index in [0.29, 0.717) is 62.1 Å². The maximum absolute atomic E-state index is 14.1. The highest BCUT2D eigenvalue weighted by molar-refractivity contribution is 5.93. The van der Waals surface area contributed by atoms with Crippen molar-refractivity contribution in [3.63, 3.8) is 0 Å². The first-order valence-electron chi connectivity index (χ1n) is 16.6. The molecule has 48 heavy (non-hydrogen) atoms. The van der Waals surface area contributed by atoms with Crippen LogP contribution in [-0.4, -0.2) is 71.1 Å². The number of imidazole rings is 1. The van der Waals surface area contributed by atoms with Crippen LogP contribution < -0.4 is 10.6 Å². The topological polar surface area (TPSA) is 143 Å². The Morgan fingerprint density at radius 2 is 1.75 bits per heavy atom. The number of H-pyrrole nitrogens is 1. The van der Waals surface area contributed by atoms with E-state index in [-0.39, 0.29) is 30.1 Å². The van der Waals surface area contributed by atoms with E-state index in [1.165, 1.54) is 0 Å². The predicted octanol–water partition coefficient (Wildman–Crippen LogP) is 4.34. The van der Waals surface area contributed by atoms with Gasteiger partial charge in [-0.15, -0.1) is 0 Å². The number of aromatic amines is 1. The molecule has 0 saturated carbocycles. The predicted molar refractivity (Wildman–Crippen MR) is 183 cm³/mol. The Hall–Kier alpha value is -5.26. The standard InChI is InChI=1S/C36H43N9O3/c1-23(2)19-29-34-39-24(3)42-45(34)18-17-44(36(48)31-22-38-33(43(31)4)25-11-6-5-7-12-25)16-10-15-32(46)40-30(35(47)41-29)20-26-21-37-28-14-9-8-13-27(26)28/h5-9,11-14,21-23,29-30,37H,10,15-20H2,1-4H3,(H,40,46)(H,41,47)/t29-,30+/m0/s1. The van der Waals surface area contributed by atoms with Gasteiger partial charge in [-0.1, -0.05) is 62.4 Å². The maximum atomic E-state index is 14.1. The summed E-state index contributed by atoms with van der Waals surface area (Å²) < 4.78 is 3.62. The van der Waals surface area contributed by atoms with Gasteiger partial charge in [0, 0.05) is 55.6 Å². The van der Waals surface area contributed by atoms with E-state index in [9.17, 15) is 14.4 Å². The quantitative estimate of drug-likeness (QED) is 0.250. The summed E-state index contributed by atoms with van der Waals surface area (Å²) in [5, 5.41) is 11.9. The second-order valence-electron chi connectivity index (χ2n) is 12.9. The third-order valence-electron chi connectivity index (χ3n) is 8.83. The van der Waals surface area contributed by atoms with Crippen molar-refractivity contribution in [2.75, 3.05) is 13.1 Å². The molecule has 3 aromatic heterocycles. The number of hydrogen-bond donors (Lipinski definition) is 3. The number of fused-ring (bicyclic) bond motifs is 2. The highest BCUT2D eigenvalue weighted by Gasteiger charge is 2.30. The van der Waals surface area contributed by atoms with Gasteiger partial charge in [-0.25, -0.2) is 14.6 Å². The van der Waals surface area contributed by atoms with Gasteiger partial charge in [-0.2, -0.15) is 5.10 Å². The van der Waals surface area contributed by atoms with Crippen LogP contribution >= 0.6 is 0 Å². The number of rotatable bonds is 6. The zero-order valence-corrected chi connectivity index (χ0v) is 27.9. The van der Waals surface area contributed by atoms with Crippen molar-refractivity contribution in [3.05, 3.63) is 89.9 Å². The molecule has 3 amide bonds. The monoisotopic (exact) mass is 649 g/mol. The highest BCUT2D eigenvalue weighted by Crippen LogP contribution is 2.24. The lowest BCUT2D eigenvalue weighted by Crippen LogP contribution is -2.49. The van der Waals surface area contributed by atoms with E-state index >= 15 is 0 Å². The van der Waals surface area contributed by atoms with E-state index in [2.05, 4.69) is 39.5 Å². The minimum atomic E-state index is -0.810. The van der Waals surface area contributed by atoms with Gasteiger partial charge in [0.25, 0.3) is 5.91 Å². The Morgan fingerprint density at radius 3 is 2.54 bits per heavy atom. The van der Waals surface area contributed by atoms with Gasteiger partial charge in [0.1, 0.15) is 29.2 Å². The molecule has 0 spiro atoms. The van der Waals surface area contributed by atoms with Gasteiger partial charge in [0.05, 0.1) is 18.8 Å². The van der Waals surface area contributed by atoms with Crippen LogP contribution in [0.3, 0.4) is 0 Å². The average Bonchev–Trinajstić information content (AvgIpc) is 3.77. The van der Waals surface area contributed by atoms with Gasteiger partial charge in [0.15, 0.2) is 0 Å². The molecule has 2 atom stereocenters. The van der Waals surface area contributed by atoms with Gasteiger partial charge in [0.2, 0.25) is 11.8 Å². The Kier molecular flexibility index (Phi) is 9.70. The molecular formula is C36H43N9O3. The van der Waals surface area contributed by atoms with Gasteiger partial charge >= 0.3 is 0 Å². The summed E-state index contributed by atoms with van der Waals surface area (Å²) in [6.07, 6.45) is 5.02. The Balaban J connectivity index is 1.31. The number of aromatic nitrogens is 6. The number of para-hydroxylation sites is 1. The summed E-state index contributed by atoms with van der Waals surface area (Å²) in [5.74, 6) is 1.45. The zero-order chi connectivity index (χ0) is 33.8. The first-order valence-corrected chi connectivity index (χ1v) is 16.6. The van der Waals surface area contributed by atoms with Crippen molar-refractivity contribution in [1.82, 2.24) is 44.8 Å². The molecule has 12 nitrogen and oxygen atoms in total. The number of carbonyl (C=O) groups is 3. The number of benzene rings is 2. The van der Waals surface area contributed by atoms with E-state index < -0.39 is 12.1 Å². The second-order valence-corrected chi connectivity index (χ2v) is 12.9. The summed E-state index contributed by atoms with van der Waals surface area (Å²) in [6.45, 7) is 7.07. The van der Waals surface area contributed by atoms with Crippen molar-refractivity contribution >= 4 is 28.6 Å². The van der Waals surface area contributed by atoms with Crippen LogP contribution in [0.5, 0.6) is 0 Å². The van der Waals surface area contributed by atoms with Crippen LogP contribution in [0.1, 0.15) is 66.9 Å². The molecule has 2 aromatic carbocycles. The average molecular weight is 650 g/mol. The molecule has 0 unspecified atom stereocenters. The molecule has 0 aliphatic carbocycles. The van der Waals surface area contributed by atoms with E-state index in [4.69, 9.17) is 4.98 Å². The van der Waals surface area contributed by atoms with Crippen molar-refractivity contribution in [2.45, 2.75) is 65.1 Å². The summed E-state index contributed by atoms with van der Waals surface area (Å²) in [6, 6.07) is 16.4. The number of hydrogen-bond acceptors (Lipinski definition) is 6. The molecule has 1 aliphatic rings. The third-order valence-corrected chi connectivity index (χ3v) is 8.83. The Morgan fingerprint density at radius 1 is 0.979 bits per heavy atom. The smallest absolute Gasteiger partial charge is 0.272 e. The second kappa shape index (κ2) is 14.2. The lowest BCUT2D eigenvalue weighted by atomic mass is 10.0. The lowest BCUT2D eigenvalue weighted by Gasteiger charge is -2.27. The Bertz CT molecular complexity index is 1910. The number of nitrogens with zero attached hydrogens (tertiary/aromatic N) is 6. The number of amides is 3. The molecule has 4 heterocycles. The van der Waals surface area contributed by atoms with Crippen LogP contribution in [0, 0.1) is 12.8 Å². The number of aryl methyl sites for hydroxylation is 1. The summed E-state index contributed by atoms with van der Waals surface area (Å²) >= 11 is 0. The van der Waals surface area contributed by atoms with E-state index in [1.807, 2.05) is 79.3 Å². The minimum absolute atomic E-state index is 0.158. The highest BCUT2D eigenvalue weighted by atomic mass is 16.2. The first-order chi connectivity index (χ1) is 23.2. The molecule has 1 aliphatic heterocycles. The van der Waals surface area contributed by atoms with Crippen LogP contribution in [0.4, 0.5) is 0 Å². The molecule has 3 N–H and O–H groups in total. The third kappa shape index (κ3) is 7.17. The van der Waals surface area contributed by atoms with Crippen LogP contribution in [0.15, 0.2) is 67.0 Å². The minimum Gasteiger partial charge on any atom is -0.361 e. The molecule has 0 bridgehead atoms. The van der Waals surface area contributed by atoms with Gasteiger partial charge in [-0.05, 0) is 37.3 Å². The van der Waals surface area contributed by atoms with Gasteiger partial charge < -0.3 is 25.1 Å². The molecule has 0 radical (unpaired) electrons. The van der Waals surface area contributed by atoms with E-state index in [0.717, 1.165) is 22.0 Å². The van der Waals surface area contributed by atoms with Crippen LogP contribution in [0.25, 0.3) is 22.3 Å². The van der Waals surface area contributed by atoms with Crippen molar-refractivity contribution in [3.8, 4) is 11.4 Å². The van der Waals surface area contributed by atoms with Crippen LogP contribution in [-0.2, 0) is 29.6 Å². The normalized spacial score (nSPS) is 18.0. The summed E-state index contributed by atoms with van der Waals surface area (Å²) in [4.78, 5) is 55.8. The fraction of sp³-hybridized carbons (Fsp3) is 0.389. The fourth-order valence-corrected chi connectivity index (χ4v) is 6.45. The van der Waals surface area contributed by atoms with Crippen LogP contribution in [0.2, 0.25) is 0 Å². The molecular weight excluding hydrogens is 606 g/mol. The summed E-state index contributed by atoms with van der Waals surface area (Å²) in [7, 11) is 1.84. The lowest BCUT2D eigenvalue weighted by molar-refractivity contribution is -0.129. The molecule has 12 heteroatoms. The summed E-state index contributed by atoms with van der Waals surface area (Å²) in [5.41, 5.74) is 3.28. The molecule has 5 aromatic rings. The van der Waals surface area contributed by atoms with Crippen molar-refractivity contribution in [1.29, 1.82) is 0 Å². The molecule has 0 saturated heterocycles. The zero-order valence-electron chi connectivity index (χ0n) is 27.9. The van der Waals surface area contributed by atoms with Crippen molar-refractivity contribution < 1.29 is 14.4 Å². The fourth-order valence-electron chi connectivity index (χ4n) is 6.45. The van der Waals surface area contributed by atoms with Crippen molar-refractivity contribution in [2.24, 2.45) is 13.0 Å².